The van der Waals surface area contributed by atoms with E-state index in [1.807, 2.05) is 48.5 Å². The van der Waals surface area contributed by atoms with Crippen LogP contribution in [0.5, 0.6) is 0 Å². The first-order chi connectivity index (χ1) is 9.15. The lowest BCUT2D eigenvalue weighted by atomic mass is 10.1. The topological polar surface area (TPSA) is 17.1 Å². The Hall–Kier alpha value is -1.57. The molecule has 0 aliphatic heterocycles. The van der Waals surface area contributed by atoms with E-state index >= 15 is 0 Å². The van der Waals surface area contributed by atoms with Crippen molar-refractivity contribution in [1.82, 2.24) is 0 Å². The molecule has 19 heavy (non-hydrogen) atoms. The standard InChI is InChI=1S/C16H10Cl2O/c17-12-6-4-10(5-7-12)8-11-9-14-13(16(11)19)2-1-3-15(14)18/h1-8H,9H2/b11-8+. The van der Waals surface area contributed by atoms with E-state index in [2.05, 4.69) is 0 Å². The Balaban J connectivity index is 2.00. The third-order valence-electron chi connectivity index (χ3n) is 3.23. The minimum Gasteiger partial charge on any atom is -0.289 e. The zero-order valence-corrected chi connectivity index (χ0v) is 11.5. The van der Waals surface area contributed by atoms with Gasteiger partial charge >= 0.3 is 0 Å². The molecule has 3 rings (SSSR count). The number of fused-ring (bicyclic) bond motifs is 1. The molecule has 0 saturated heterocycles. The number of hydrogen-bond acceptors (Lipinski definition) is 1. The van der Waals surface area contributed by atoms with Crippen molar-refractivity contribution in [1.29, 1.82) is 0 Å². The quantitative estimate of drug-likeness (QED) is 0.688. The van der Waals surface area contributed by atoms with Crippen molar-refractivity contribution in [3.05, 3.63) is 74.8 Å². The van der Waals surface area contributed by atoms with Crippen LogP contribution in [0.4, 0.5) is 0 Å². The lowest BCUT2D eigenvalue weighted by Gasteiger charge is -1.97. The van der Waals surface area contributed by atoms with Crippen LogP contribution in [-0.2, 0) is 6.42 Å². The minimum atomic E-state index is 0.0625. The van der Waals surface area contributed by atoms with E-state index in [9.17, 15) is 4.79 Å². The van der Waals surface area contributed by atoms with E-state index in [0.717, 1.165) is 16.7 Å². The third kappa shape index (κ3) is 2.32. The molecule has 0 unspecified atom stereocenters. The van der Waals surface area contributed by atoms with Crippen molar-refractivity contribution in [3.8, 4) is 0 Å². The second kappa shape index (κ2) is 4.84. The molecule has 0 aromatic heterocycles. The number of carbonyl (C=O) groups excluding carboxylic acids is 1. The average Bonchev–Trinajstić information content (AvgIpc) is 2.72. The first-order valence-corrected chi connectivity index (χ1v) is 6.69. The van der Waals surface area contributed by atoms with Crippen molar-refractivity contribution < 1.29 is 4.79 Å². The predicted octanol–water partition coefficient (Wildman–Crippen LogP) is 4.82. The Kier molecular flexibility index (Phi) is 3.17. The molecule has 0 atom stereocenters. The van der Waals surface area contributed by atoms with E-state index in [0.29, 0.717) is 22.0 Å². The summed E-state index contributed by atoms with van der Waals surface area (Å²) in [4.78, 5) is 12.3. The van der Waals surface area contributed by atoms with Crippen LogP contribution >= 0.6 is 23.2 Å². The van der Waals surface area contributed by atoms with Crippen LogP contribution in [0.3, 0.4) is 0 Å². The van der Waals surface area contributed by atoms with Crippen LogP contribution < -0.4 is 0 Å². The van der Waals surface area contributed by atoms with Crippen molar-refractivity contribution in [3.63, 3.8) is 0 Å². The fraction of sp³-hybridized carbons (Fsp3) is 0.0625. The molecule has 3 heteroatoms. The summed E-state index contributed by atoms with van der Waals surface area (Å²) in [6.07, 6.45) is 2.49. The number of Topliss-reactive ketones (excluding diaryl/α,β-unsaturated/α-hetero) is 1. The Morgan fingerprint density at radius 1 is 1.00 bits per heavy atom. The number of carbonyl (C=O) groups is 1. The molecule has 0 saturated carbocycles. The van der Waals surface area contributed by atoms with Crippen LogP contribution in [0.2, 0.25) is 10.0 Å². The monoisotopic (exact) mass is 288 g/mol. The number of hydrogen-bond donors (Lipinski definition) is 0. The summed E-state index contributed by atoms with van der Waals surface area (Å²) in [6.45, 7) is 0. The van der Waals surface area contributed by atoms with E-state index in [1.54, 1.807) is 0 Å². The lowest BCUT2D eigenvalue weighted by Crippen LogP contribution is -1.94. The molecule has 1 aliphatic carbocycles. The van der Waals surface area contributed by atoms with Gasteiger partial charge in [-0.1, -0.05) is 47.5 Å². The normalized spacial score (nSPS) is 15.9. The number of ketones is 1. The van der Waals surface area contributed by atoms with Crippen LogP contribution in [0.1, 0.15) is 21.5 Å². The van der Waals surface area contributed by atoms with Crippen LogP contribution in [0, 0.1) is 0 Å². The highest BCUT2D eigenvalue weighted by atomic mass is 35.5. The highest BCUT2D eigenvalue weighted by Crippen LogP contribution is 2.32. The molecule has 2 aromatic rings. The van der Waals surface area contributed by atoms with Crippen LogP contribution in [-0.4, -0.2) is 5.78 Å². The SMILES string of the molecule is O=C1/C(=C/c2ccc(Cl)cc2)Cc2c(Cl)cccc21. The molecule has 0 radical (unpaired) electrons. The van der Waals surface area contributed by atoms with E-state index < -0.39 is 0 Å². The summed E-state index contributed by atoms with van der Waals surface area (Å²) >= 11 is 12.0. The molecule has 0 amide bonds. The van der Waals surface area contributed by atoms with Gasteiger partial charge in [0.15, 0.2) is 5.78 Å². The second-order valence-corrected chi connectivity index (χ2v) is 5.34. The highest BCUT2D eigenvalue weighted by molar-refractivity contribution is 6.33. The smallest absolute Gasteiger partial charge is 0.189 e. The number of halogens is 2. The maximum absolute atomic E-state index is 12.3. The molecule has 0 spiro atoms. The summed E-state index contributed by atoms with van der Waals surface area (Å²) in [5.41, 5.74) is 3.38. The first-order valence-electron chi connectivity index (χ1n) is 5.93. The summed E-state index contributed by atoms with van der Waals surface area (Å²) in [5, 5.41) is 1.34. The zero-order valence-electron chi connectivity index (χ0n) is 9.99. The number of allylic oxidation sites excluding steroid dienone is 1. The van der Waals surface area contributed by atoms with Crippen molar-refractivity contribution >= 4 is 35.1 Å². The van der Waals surface area contributed by atoms with Crippen LogP contribution in [0.15, 0.2) is 48.0 Å². The maximum atomic E-state index is 12.3. The summed E-state index contributed by atoms with van der Waals surface area (Å²) in [6, 6.07) is 12.9. The molecule has 1 nitrogen and oxygen atoms in total. The van der Waals surface area contributed by atoms with Gasteiger partial charge in [-0.15, -0.1) is 0 Å². The Labute approximate surface area is 121 Å². The largest absolute Gasteiger partial charge is 0.289 e. The molecule has 0 fully saturated rings. The molecular weight excluding hydrogens is 279 g/mol. The average molecular weight is 289 g/mol. The Bertz CT molecular complexity index is 684. The van der Waals surface area contributed by atoms with Crippen molar-refractivity contribution in [2.45, 2.75) is 6.42 Å². The van der Waals surface area contributed by atoms with E-state index in [4.69, 9.17) is 23.2 Å². The van der Waals surface area contributed by atoms with Gasteiger partial charge in [0, 0.05) is 27.6 Å². The molecule has 0 N–H and O–H groups in total. The fourth-order valence-electron chi connectivity index (χ4n) is 2.27. The van der Waals surface area contributed by atoms with E-state index in [-0.39, 0.29) is 5.78 Å². The summed E-state index contributed by atoms with van der Waals surface area (Å²) in [5.74, 6) is 0.0625. The van der Waals surface area contributed by atoms with Gasteiger partial charge in [-0.2, -0.15) is 0 Å². The molecule has 94 valence electrons. The molecule has 1 aliphatic rings. The zero-order chi connectivity index (χ0) is 13.4. The Morgan fingerprint density at radius 2 is 1.74 bits per heavy atom. The second-order valence-electron chi connectivity index (χ2n) is 4.49. The molecule has 0 bridgehead atoms. The predicted molar refractivity (Wildman–Crippen MR) is 78.9 cm³/mol. The molecular formula is C16H10Cl2O. The van der Waals surface area contributed by atoms with Gasteiger partial charge in [-0.3, -0.25) is 4.79 Å². The van der Waals surface area contributed by atoms with Gasteiger partial charge < -0.3 is 0 Å². The van der Waals surface area contributed by atoms with E-state index in [1.165, 1.54) is 0 Å². The summed E-state index contributed by atoms with van der Waals surface area (Å²) < 4.78 is 0. The molecule has 2 aromatic carbocycles. The van der Waals surface area contributed by atoms with Gasteiger partial charge in [0.05, 0.1) is 0 Å². The lowest BCUT2D eigenvalue weighted by molar-refractivity contribution is 0.104. The van der Waals surface area contributed by atoms with Gasteiger partial charge in [0.2, 0.25) is 0 Å². The van der Waals surface area contributed by atoms with Crippen molar-refractivity contribution in [2.24, 2.45) is 0 Å². The van der Waals surface area contributed by atoms with Gasteiger partial charge in [0.25, 0.3) is 0 Å². The van der Waals surface area contributed by atoms with Gasteiger partial charge in [0.1, 0.15) is 0 Å². The fourth-order valence-corrected chi connectivity index (χ4v) is 2.64. The van der Waals surface area contributed by atoms with Crippen LogP contribution in [0.25, 0.3) is 6.08 Å². The van der Waals surface area contributed by atoms with Gasteiger partial charge in [-0.05, 0) is 35.4 Å². The summed E-state index contributed by atoms with van der Waals surface area (Å²) in [7, 11) is 0. The highest BCUT2D eigenvalue weighted by Gasteiger charge is 2.26. The minimum absolute atomic E-state index is 0.0625. The Morgan fingerprint density at radius 3 is 2.42 bits per heavy atom. The first kappa shape index (κ1) is 12.5. The maximum Gasteiger partial charge on any atom is 0.189 e. The van der Waals surface area contributed by atoms with Gasteiger partial charge in [-0.25, -0.2) is 0 Å². The van der Waals surface area contributed by atoms with Crippen molar-refractivity contribution in [2.75, 3.05) is 0 Å². The molecule has 0 heterocycles. The third-order valence-corrected chi connectivity index (χ3v) is 3.84. The number of rotatable bonds is 1. The number of benzene rings is 2.